The van der Waals surface area contributed by atoms with Crippen LogP contribution in [0.2, 0.25) is 0 Å². The molecule has 0 bridgehead atoms. The van der Waals surface area contributed by atoms with Crippen LogP contribution in [-0.4, -0.2) is 24.9 Å². The Balaban J connectivity index is 2.24. The van der Waals surface area contributed by atoms with E-state index in [1.54, 1.807) is 24.5 Å². The molecule has 0 saturated heterocycles. The number of rotatable bonds is 4. The first-order valence-corrected chi connectivity index (χ1v) is 7.17. The van der Waals surface area contributed by atoms with Gasteiger partial charge in [-0.3, -0.25) is 5.10 Å². The molecule has 0 aliphatic carbocycles. The highest BCUT2D eigenvalue weighted by molar-refractivity contribution is 7.90. The molecular formula is C11H14N4O2S. The minimum absolute atomic E-state index is 0.139. The minimum atomic E-state index is -3.31. The number of para-hydroxylation sites is 1. The number of nitrogens with zero attached hydrogens (tertiary/aromatic N) is 1. The number of hydrogen-bond acceptors (Lipinski definition) is 5. The lowest BCUT2D eigenvalue weighted by molar-refractivity contribution is 0.602. The van der Waals surface area contributed by atoms with Crippen LogP contribution in [0.15, 0.2) is 35.5 Å². The van der Waals surface area contributed by atoms with Gasteiger partial charge in [-0.1, -0.05) is 6.07 Å². The van der Waals surface area contributed by atoms with E-state index in [1.165, 1.54) is 6.07 Å². The first kappa shape index (κ1) is 12.4. The normalized spacial score (nSPS) is 11.4. The molecule has 1 heterocycles. The second kappa shape index (κ2) is 4.69. The number of anilines is 2. The maximum atomic E-state index is 11.5. The summed E-state index contributed by atoms with van der Waals surface area (Å²) in [6.07, 6.45) is 4.58. The molecule has 0 aliphatic rings. The zero-order chi connectivity index (χ0) is 13.2. The van der Waals surface area contributed by atoms with Crippen molar-refractivity contribution in [1.29, 1.82) is 0 Å². The highest BCUT2D eigenvalue weighted by Gasteiger charge is 2.13. The van der Waals surface area contributed by atoms with Crippen molar-refractivity contribution in [2.45, 2.75) is 11.4 Å². The van der Waals surface area contributed by atoms with E-state index in [4.69, 9.17) is 5.73 Å². The second-order valence-electron chi connectivity index (χ2n) is 3.95. The number of nitrogen functional groups attached to an aromatic ring is 1. The molecule has 6 nitrogen and oxygen atoms in total. The van der Waals surface area contributed by atoms with Crippen LogP contribution in [0.1, 0.15) is 5.56 Å². The lowest BCUT2D eigenvalue weighted by atomic mass is 10.2. The molecule has 2 aromatic rings. The molecule has 2 rings (SSSR count). The highest BCUT2D eigenvalue weighted by Crippen LogP contribution is 2.26. The average Bonchev–Trinajstić information content (AvgIpc) is 2.79. The van der Waals surface area contributed by atoms with Gasteiger partial charge in [0.2, 0.25) is 0 Å². The third-order valence-corrected chi connectivity index (χ3v) is 3.66. The predicted octanol–water partition coefficient (Wildman–Crippen LogP) is 1.01. The van der Waals surface area contributed by atoms with Crippen molar-refractivity contribution < 1.29 is 8.42 Å². The number of aromatic nitrogens is 2. The third kappa shape index (κ3) is 2.62. The van der Waals surface area contributed by atoms with Gasteiger partial charge in [0.05, 0.1) is 22.5 Å². The van der Waals surface area contributed by atoms with E-state index >= 15 is 0 Å². The van der Waals surface area contributed by atoms with Gasteiger partial charge in [0.1, 0.15) is 0 Å². The first-order chi connectivity index (χ1) is 8.48. The van der Waals surface area contributed by atoms with Crippen LogP contribution >= 0.6 is 0 Å². The zero-order valence-electron chi connectivity index (χ0n) is 9.84. The summed E-state index contributed by atoms with van der Waals surface area (Å²) in [6.45, 7) is 0.522. The number of nitrogens with two attached hydrogens (primary N) is 1. The first-order valence-electron chi connectivity index (χ1n) is 5.28. The van der Waals surface area contributed by atoms with Gasteiger partial charge >= 0.3 is 0 Å². The maximum absolute atomic E-state index is 11.5. The van der Waals surface area contributed by atoms with Crippen LogP contribution < -0.4 is 11.1 Å². The van der Waals surface area contributed by atoms with E-state index in [0.29, 0.717) is 12.2 Å². The van der Waals surface area contributed by atoms with Gasteiger partial charge in [0.15, 0.2) is 9.84 Å². The van der Waals surface area contributed by atoms with E-state index in [-0.39, 0.29) is 10.6 Å². The smallest absolute Gasteiger partial charge is 0.177 e. The van der Waals surface area contributed by atoms with Crippen molar-refractivity contribution in [2.75, 3.05) is 17.3 Å². The van der Waals surface area contributed by atoms with Crippen molar-refractivity contribution in [3.63, 3.8) is 0 Å². The van der Waals surface area contributed by atoms with Crippen LogP contribution in [-0.2, 0) is 16.4 Å². The predicted molar refractivity (Wildman–Crippen MR) is 69.9 cm³/mol. The summed E-state index contributed by atoms with van der Waals surface area (Å²) in [6, 6.07) is 4.89. The molecule has 0 aliphatic heterocycles. The SMILES string of the molecule is CS(=O)(=O)c1cccc(NCc2cn[nH]c2)c1N. The number of nitrogens with one attached hydrogen (secondary N) is 2. The molecule has 0 atom stereocenters. The Hall–Kier alpha value is -2.02. The summed E-state index contributed by atoms with van der Waals surface area (Å²) in [5.41, 5.74) is 7.64. The lowest BCUT2D eigenvalue weighted by Gasteiger charge is -2.11. The van der Waals surface area contributed by atoms with Gasteiger partial charge < -0.3 is 11.1 Å². The van der Waals surface area contributed by atoms with Crippen LogP contribution in [0.3, 0.4) is 0 Å². The topological polar surface area (TPSA) is 101 Å². The standard InChI is InChI=1S/C11H14N4O2S/c1-18(16,17)10-4-2-3-9(11(10)12)13-5-8-6-14-15-7-8/h2-4,6-7,13H,5,12H2,1H3,(H,14,15). The van der Waals surface area contributed by atoms with Crippen molar-refractivity contribution in [1.82, 2.24) is 10.2 Å². The molecule has 0 unspecified atom stereocenters. The number of H-pyrrole nitrogens is 1. The zero-order valence-corrected chi connectivity index (χ0v) is 10.7. The largest absolute Gasteiger partial charge is 0.396 e. The quantitative estimate of drug-likeness (QED) is 0.717. The Morgan fingerprint density at radius 2 is 2.22 bits per heavy atom. The fraction of sp³-hybridized carbons (Fsp3) is 0.182. The molecule has 7 heteroatoms. The Morgan fingerprint density at radius 1 is 1.44 bits per heavy atom. The van der Waals surface area contributed by atoms with Crippen LogP contribution in [0, 0.1) is 0 Å². The van der Waals surface area contributed by atoms with Crippen molar-refractivity contribution >= 4 is 21.2 Å². The van der Waals surface area contributed by atoms with Gasteiger partial charge in [0, 0.05) is 24.6 Å². The van der Waals surface area contributed by atoms with Crippen LogP contribution in [0.4, 0.5) is 11.4 Å². The van der Waals surface area contributed by atoms with E-state index in [0.717, 1.165) is 11.8 Å². The van der Waals surface area contributed by atoms with Gasteiger partial charge in [-0.2, -0.15) is 5.10 Å². The molecule has 1 aromatic carbocycles. The average molecular weight is 266 g/mol. The van der Waals surface area contributed by atoms with Gasteiger partial charge in [-0.15, -0.1) is 0 Å². The second-order valence-corrected chi connectivity index (χ2v) is 5.93. The number of sulfone groups is 1. The van der Waals surface area contributed by atoms with Crippen LogP contribution in [0.5, 0.6) is 0 Å². The molecule has 0 saturated carbocycles. The van der Waals surface area contributed by atoms with Gasteiger partial charge in [0.25, 0.3) is 0 Å². The van der Waals surface area contributed by atoms with E-state index in [2.05, 4.69) is 15.5 Å². The molecule has 1 aromatic heterocycles. The summed E-state index contributed by atoms with van der Waals surface area (Å²) in [5, 5.41) is 9.60. The third-order valence-electron chi connectivity index (χ3n) is 2.50. The number of hydrogen-bond donors (Lipinski definition) is 3. The van der Waals surface area contributed by atoms with Gasteiger partial charge in [-0.25, -0.2) is 8.42 Å². The molecule has 0 amide bonds. The van der Waals surface area contributed by atoms with E-state index in [1.807, 2.05) is 0 Å². The lowest BCUT2D eigenvalue weighted by Crippen LogP contribution is -2.07. The fourth-order valence-corrected chi connectivity index (χ4v) is 2.43. The Labute approximate surface area is 105 Å². The summed E-state index contributed by atoms with van der Waals surface area (Å²) in [4.78, 5) is 0.139. The van der Waals surface area contributed by atoms with Crippen LogP contribution in [0.25, 0.3) is 0 Å². The van der Waals surface area contributed by atoms with E-state index in [9.17, 15) is 8.42 Å². The summed E-state index contributed by atoms with van der Waals surface area (Å²) in [7, 11) is -3.31. The van der Waals surface area contributed by atoms with Gasteiger partial charge in [-0.05, 0) is 12.1 Å². The molecule has 96 valence electrons. The van der Waals surface area contributed by atoms with E-state index < -0.39 is 9.84 Å². The molecule has 0 fully saturated rings. The number of aromatic amines is 1. The summed E-state index contributed by atoms with van der Waals surface area (Å²) < 4.78 is 23.0. The maximum Gasteiger partial charge on any atom is 0.177 e. The Kier molecular flexibility index (Phi) is 3.24. The molecule has 0 spiro atoms. The fourth-order valence-electron chi connectivity index (χ4n) is 1.59. The Bertz CT molecular complexity index is 635. The van der Waals surface area contributed by atoms with Crippen molar-refractivity contribution in [3.8, 4) is 0 Å². The van der Waals surface area contributed by atoms with Crippen molar-refractivity contribution in [3.05, 3.63) is 36.2 Å². The molecule has 18 heavy (non-hydrogen) atoms. The summed E-state index contributed by atoms with van der Waals surface area (Å²) in [5.74, 6) is 0. The highest BCUT2D eigenvalue weighted by atomic mass is 32.2. The number of benzene rings is 1. The monoisotopic (exact) mass is 266 g/mol. The molecule has 0 radical (unpaired) electrons. The Morgan fingerprint density at radius 3 is 2.83 bits per heavy atom. The van der Waals surface area contributed by atoms with Crippen molar-refractivity contribution in [2.24, 2.45) is 0 Å². The summed E-state index contributed by atoms with van der Waals surface area (Å²) >= 11 is 0. The molecular weight excluding hydrogens is 252 g/mol. The molecule has 4 N–H and O–H groups in total. The minimum Gasteiger partial charge on any atom is -0.396 e.